The summed E-state index contributed by atoms with van der Waals surface area (Å²) < 4.78 is 7.56. The molecule has 1 amide bonds. The number of cyclic esters (lactones) is 1. The number of thiophene rings is 1. The quantitative estimate of drug-likeness (QED) is 0.785. The van der Waals surface area contributed by atoms with E-state index in [0.29, 0.717) is 38.9 Å². The number of aromatic nitrogens is 2. The summed E-state index contributed by atoms with van der Waals surface area (Å²) in [4.78, 5) is 30.8. The summed E-state index contributed by atoms with van der Waals surface area (Å²) in [7, 11) is 0. The maximum Gasteiger partial charge on any atom is 0.312 e. The number of carbonyl (C=O) groups is 2. The molecule has 1 atom stereocenters. The fraction of sp³-hybridized carbons (Fsp3) is 0.500. The number of imidazole rings is 1. The second-order valence-electron chi connectivity index (χ2n) is 6.96. The highest BCUT2D eigenvalue weighted by molar-refractivity contribution is 7.08. The molecule has 0 N–H and O–H groups in total. The minimum atomic E-state index is -0.412. The molecule has 2 aromatic rings. The zero-order valence-electron chi connectivity index (χ0n) is 14.0. The standard InChI is InChI=1S/C18H21N3O3S/c22-16(9-14-1-8-25-12-14)21-5-2-18(3-6-21)10-15(24-17(18)23)11-20-7-4-19-13-20/h1,4,7-8,12-13,15H,2-3,5-6,9-11H2. The third-order valence-corrected chi connectivity index (χ3v) is 6.04. The van der Waals surface area contributed by atoms with E-state index in [1.807, 2.05) is 32.5 Å². The molecular formula is C18H21N3O3S. The predicted molar refractivity (Wildman–Crippen MR) is 93.0 cm³/mol. The van der Waals surface area contributed by atoms with Crippen molar-refractivity contribution in [3.63, 3.8) is 0 Å². The molecule has 1 unspecified atom stereocenters. The molecular weight excluding hydrogens is 338 g/mol. The van der Waals surface area contributed by atoms with E-state index in [-0.39, 0.29) is 18.0 Å². The second kappa shape index (κ2) is 6.63. The molecule has 0 saturated carbocycles. The van der Waals surface area contributed by atoms with Crippen LogP contribution in [0.15, 0.2) is 35.5 Å². The average molecular weight is 359 g/mol. The monoisotopic (exact) mass is 359 g/mol. The van der Waals surface area contributed by atoms with Crippen LogP contribution in [-0.2, 0) is 27.3 Å². The van der Waals surface area contributed by atoms with Crippen LogP contribution in [0.1, 0.15) is 24.8 Å². The van der Waals surface area contributed by atoms with Gasteiger partial charge in [-0.05, 0) is 35.2 Å². The van der Waals surface area contributed by atoms with Gasteiger partial charge in [0.05, 0.1) is 24.7 Å². The highest BCUT2D eigenvalue weighted by Gasteiger charge is 2.50. The topological polar surface area (TPSA) is 64.4 Å². The fourth-order valence-electron chi connectivity index (χ4n) is 3.84. The van der Waals surface area contributed by atoms with E-state index >= 15 is 0 Å². The molecule has 4 heterocycles. The van der Waals surface area contributed by atoms with Crippen LogP contribution < -0.4 is 0 Å². The number of carbonyl (C=O) groups excluding carboxylic acids is 2. The minimum Gasteiger partial charge on any atom is -0.460 e. The van der Waals surface area contributed by atoms with E-state index in [2.05, 4.69) is 4.98 Å². The Morgan fingerprint density at radius 2 is 2.24 bits per heavy atom. The number of rotatable bonds is 4. The van der Waals surface area contributed by atoms with Crippen LogP contribution in [0, 0.1) is 5.41 Å². The molecule has 2 aromatic heterocycles. The van der Waals surface area contributed by atoms with Gasteiger partial charge in [0.25, 0.3) is 0 Å². The lowest BCUT2D eigenvalue weighted by Gasteiger charge is -2.36. The first-order valence-electron chi connectivity index (χ1n) is 8.60. The second-order valence-corrected chi connectivity index (χ2v) is 7.74. The van der Waals surface area contributed by atoms with Crippen molar-refractivity contribution in [2.45, 2.75) is 38.3 Å². The molecule has 2 fully saturated rings. The summed E-state index contributed by atoms with van der Waals surface area (Å²) in [6.07, 6.45) is 7.82. The molecule has 0 radical (unpaired) electrons. The highest BCUT2D eigenvalue weighted by Crippen LogP contribution is 2.43. The molecule has 25 heavy (non-hydrogen) atoms. The van der Waals surface area contributed by atoms with Crippen molar-refractivity contribution in [3.8, 4) is 0 Å². The Morgan fingerprint density at radius 3 is 2.92 bits per heavy atom. The number of likely N-dealkylation sites (tertiary alicyclic amines) is 1. The van der Waals surface area contributed by atoms with E-state index in [0.717, 1.165) is 12.0 Å². The third-order valence-electron chi connectivity index (χ3n) is 5.31. The van der Waals surface area contributed by atoms with Gasteiger partial charge in [0.1, 0.15) is 6.10 Å². The van der Waals surface area contributed by atoms with Crippen LogP contribution in [0.5, 0.6) is 0 Å². The molecule has 2 saturated heterocycles. The highest BCUT2D eigenvalue weighted by atomic mass is 32.1. The Labute approximate surface area is 150 Å². The van der Waals surface area contributed by atoms with Crippen molar-refractivity contribution in [2.75, 3.05) is 13.1 Å². The number of piperidine rings is 1. The van der Waals surface area contributed by atoms with Gasteiger partial charge >= 0.3 is 5.97 Å². The SMILES string of the molecule is O=C(Cc1ccsc1)N1CCC2(CC1)CC(Cn1ccnc1)OC2=O. The molecule has 0 aromatic carbocycles. The van der Waals surface area contributed by atoms with Crippen LogP contribution >= 0.6 is 11.3 Å². The van der Waals surface area contributed by atoms with E-state index in [9.17, 15) is 9.59 Å². The van der Waals surface area contributed by atoms with Crippen molar-refractivity contribution >= 4 is 23.2 Å². The van der Waals surface area contributed by atoms with E-state index in [4.69, 9.17) is 4.74 Å². The number of esters is 1. The summed E-state index contributed by atoms with van der Waals surface area (Å²) in [5.74, 6) is 0.0529. The van der Waals surface area contributed by atoms with Gasteiger partial charge < -0.3 is 14.2 Å². The van der Waals surface area contributed by atoms with Crippen LogP contribution in [-0.4, -0.2) is 45.5 Å². The molecule has 7 heteroatoms. The smallest absolute Gasteiger partial charge is 0.312 e. The summed E-state index contributed by atoms with van der Waals surface area (Å²) in [6.45, 7) is 1.92. The summed E-state index contributed by atoms with van der Waals surface area (Å²) in [5.41, 5.74) is 0.653. The van der Waals surface area contributed by atoms with Crippen molar-refractivity contribution in [1.29, 1.82) is 0 Å². The lowest BCUT2D eigenvalue weighted by atomic mass is 9.76. The van der Waals surface area contributed by atoms with Gasteiger partial charge in [-0.1, -0.05) is 0 Å². The van der Waals surface area contributed by atoms with Crippen molar-refractivity contribution in [3.05, 3.63) is 41.1 Å². The fourth-order valence-corrected chi connectivity index (χ4v) is 4.51. The zero-order valence-corrected chi connectivity index (χ0v) is 14.8. The van der Waals surface area contributed by atoms with Crippen LogP contribution in [0.4, 0.5) is 0 Å². The Balaban J connectivity index is 1.34. The third kappa shape index (κ3) is 3.33. The van der Waals surface area contributed by atoms with Gasteiger partial charge in [0.15, 0.2) is 0 Å². The van der Waals surface area contributed by atoms with E-state index in [1.165, 1.54) is 0 Å². The van der Waals surface area contributed by atoms with Gasteiger partial charge in [-0.2, -0.15) is 11.3 Å². The van der Waals surface area contributed by atoms with Crippen LogP contribution in [0.25, 0.3) is 0 Å². The Bertz CT molecular complexity index is 734. The Morgan fingerprint density at radius 1 is 1.40 bits per heavy atom. The normalized spacial score (nSPS) is 22.3. The van der Waals surface area contributed by atoms with Gasteiger partial charge in [0.2, 0.25) is 5.91 Å². The molecule has 6 nitrogen and oxygen atoms in total. The van der Waals surface area contributed by atoms with Crippen molar-refractivity contribution < 1.29 is 14.3 Å². The van der Waals surface area contributed by atoms with Gasteiger partial charge in [0, 0.05) is 31.9 Å². The predicted octanol–water partition coefficient (Wildman–Crippen LogP) is 2.11. The molecule has 132 valence electrons. The van der Waals surface area contributed by atoms with Gasteiger partial charge in [-0.25, -0.2) is 4.98 Å². The lowest BCUT2D eigenvalue weighted by molar-refractivity contribution is -0.152. The maximum absolute atomic E-state index is 12.5. The first kappa shape index (κ1) is 16.3. The number of amides is 1. The number of hydrogen-bond donors (Lipinski definition) is 0. The summed E-state index contributed by atoms with van der Waals surface area (Å²) >= 11 is 1.61. The molecule has 4 rings (SSSR count). The van der Waals surface area contributed by atoms with Gasteiger partial charge in [-0.15, -0.1) is 0 Å². The van der Waals surface area contributed by atoms with Gasteiger partial charge in [-0.3, -0.25) is 9.59 Å². The summed E-state index contributed by atoms with van der Waals surface area (Å²) in [5, 5.41) is 4.00. The Kier molecular flexibility index (Phi) is 4.33. The van der Waals surface area contributed by atoms with Crippen molar-refractivity contribution in [2.24, 2.45) is 5.41 Å². The number of hydrogen-bond acceptors (Lipinski definition) is 5. The first-order valence-corrected chi connectivity index (χ1v) is 9.55. The van der Waals surface area contributed by atoms with Crippen LogP contribution in [0.2, 0.25) is 0 Å². The van der Waals surface area contributed by atoms with E-state index < -0.39 is 5.41 Å². The number of ether oxygens (including phenoxy) is 1. The molecule has 0 bridgehead atoms. The maximum atomic E-state index is 12.5. The number of nitrogens with zero attached hydrogens (tertiary/aromatic N) is 3. The molecule has 2 aliphatic rings. The minimum absolute atomic E-state index is 0.0949. The molecule has 2 aliphatic heterocycles. The lowest BCUT2D eigenvalue weighted by Crippen LogP contribution is -2.45. The van der Waals surface area contributed by atoms with Crippen molar-refractivity contribution in [1.82, 2.24) is 14.5 Å². The Hall–Kier alpha value is -2.15. The first-order chi connectivity index (χ1) is 12.1. The molecule has 1 spiro atoms. The molecule has 0 aliphatic carbocycles. The summed E-state index contributed by atoms with van der Waals surface area (Å²) in [6, 6.07) is 1.99. The largest absolute Gasteiger partial charge is 0.460 e. The average Bonchev–Trinajstić information content (AvgIpc) is 3.33. The van der Waals surface area contributed by atoms with E-state index in [1.54, 1.807) is 23.9 Å². The zero-order chi connectivity index (χ0) is 17.3. The van der Waals surface area contributed by atoms with Crippen LogP contribution in [0.3, 0.4) is 0 Å².